The molecule has 0 saturated heterocycles. The van der Waals surface area contributed by atoms with Gasteiger partial charge in [-0.1, -0.05) is 65.0 Å². The highest BCUT2D eigenvalue weighted by Gasteiger charge is 2.22. The number of rotatable bonds is 12. The maximum Gasteiger partial charge on any atom is 0.132 e. The normalized spacial score (nSPS) is 13.8. The van der Waals surface area contributed by atoms with Gasteiger partial charge in [-0.25, -0.2) is 0 Å². The smallest absolute Gasteiger partial charge is 0.132 e. The van der Waals surface area contributed by atoms with Crippen molar-refractivity contribution in [2.75, 3.05) is 0 Å². The van der Waals surface area contributed by atoms with E-state index < -0.39 is 0 Å². The van der Waals surface area contributed by atoms with Gasteiger partial charge in [0.25, 0.3) is 0 Å². The van der Waals surface area contributed by atoms with Crippen LogP contribution in [0.4, 0.5) is 0 Å². The van der Waals surface area contributed by atoms with Gasteiger partial charge in [0, 0.05) is 10.8 Å². The first-order valence-electron chi connectivity index (χ1n) is 8.78. The van der Waals surface area contributed by atoms with Crippen molar-refractivity contribution in [3.05, 3.63) is 29.0 Å². The van der Waals surface area contributed by atoms with E-state index in [9.17, 15) is 4.79 Å². The highest BCUT2D eigenvalue weighted by atomic mass is 32.1. The predicted octanol–water partition coefficient (Wildman–Crippen LogP) is 6.74. The third-order valence-corrected chi connectivity index (χ3v) is 5.63. The van der Waals surface area contributed by atoms with Gasteiger partial charge in [0.1, 0.15) is 5.78 Å². The molecule has 0 saturated carbocycles. The molecule has 1 heterocycles. The molecule has 0 aliphatic heterocycles. The second kappa shape index (κ2) is 10.8. The number of carbonyl (C=O) groups is 1. The number of carbonyl (C=O) groups excluding carboxylic acids is 1. The third kappa shape index (κ3) is 6.91. The summed E-state index contributed by atoms with van der Waals surface area (Å²) in [4.78, 5) is 13.1. The fraction of sp³-hybridized carbons (Fsp3) is 0.650. The van der Waals surface area contributed by atoms with Gasteiger partial charge in [-0.3, -0.25) is 4.79 Å². The lowest BCUT2D eigenvalue weighted by molar-refractivity contribution is -0.121. The van der Waals surface area contributed by atoms with Gasteiger partial charge in [0.15, 0.2) is 0 Å². The van der Waals surface area contributed by atoms with E-state index in [0.29, 0.717) is 11.7 Å². The second-order valence-corrected chi connectivity index (χ2v) is 7.45. The van der Waals surface area contributed by atoms with E-state index in [-0.39, 0.29) is 5.92 Å². The Balaban J connectivity index is 2.46. The minimum atomic E-state index is 0.146. The standard InChI is InChI=1S/C20H32OS/c1-5-6-7-8-9-10-12-19(17(3)18(4)21)15-16(2)20-13-11-14-22-20/h11,13-14,17,19H,2,5-10,12,15H2,1,3-4H3. The van der Waals surface area contributed by atoms with Crippen molar-refractivity contribution < 1.29 is 4.79 Å². The summed E-state index contributed by atoms with van der Waals surface area (Å²) in [6, 6.07) is 4.20. The molecule has 0 N–H and O–H groups in total. The van der Waals surface area contributed by atoms with Gasteiger partial charge < -0.3 is 0 Å². The van der Waals surface area contributed by atoms with Crippen LogP contribution < -0.4 is 0 Å². The molecule has 0 aliphatic rings. The molecule has 1 nitrogen and oxygen atoms in total. The number of Topliss-reactive ketones (excluding diaryl/α,β-unsaturated/α-hetero) is 1. The van der Waals surface area contributed by atoms with Crippen LogP contribution in [-0.2, 0) is 4.79 Å². The van der Waals surface area contributed by atoms with Gasteiger partial charge in [0.05, 0.1) is 0 Å². The fourth-order valence-electron chi connectivity index (χ4n) is 2.94. The molecule has 2 atom stereocenters. The Kier molecular flexibility index (Phi) is 9.38. The van der Waals surface area contributed by atoms with Crippen LogP contribution in [0.15, 0.2) is 24.1 Å². The Morgan fingerprint density at radius 3 is 2.50 bits per heavy atom. The lowest BCUT2D eigenvalue weighted by atomic mass is 9.82. The summed E-state index contributed by atoms with van der Waals surface area (Å²) >= 11 is 1.75. The van der Waals surface area contributed by atoms with E-state index in [1.165, 1.54) is 49.0 Å². The van der Waals surface area contributed by atoms with E-state index in [1.807, 2.05) is 0 Å². The highest BCUT2D eigenvalue weighted by Crippen LogP contribution is 2.32. The first kappa shape index (κ1) is 19.2. The van der Waals surface area contributed by atoms with E-state index in [2.05, 4.69) is 37.9 Å². The van der Waals surface area contributed by atoms with Gasteiger partial charge >= 0.3 is 0 Å². The number of thiophene rings is 1. The maximum absolute atomic E-state index is 11.8. The van der Waals surface area contributed by atoms with Crippen LogP contribution in [0.5, 0.6) is 0 Å². The Morgan fingerprint density at radius 1 is 1.23 bits per heavy atom. The molecule has 0 radical (unpaired) electrons. The molecule has 22 heavy (non-hydrogen) atoms. The van der Waals surface area contributed by atoms with Crippen molar-refractivity contribution in [2.45, 2.75) is 72.1 Å². The summed E-state index contributed by atoms with van der Waals surface area (Å²) < 4.78 is 0. The molecular formula is C20H32OS. The Labute approximate surface area is 140 Å². The molecule has 1 aromatic rings. The van der Waals surface area contributed by atoms with E-state index in [4.69, 9.17) is 0 Å². The number of hydrogen-bond donors (Lipinski definition) is 0. The fourth-order valence-corrected chi connectivity index (χ4v) is 3.66. The van der Waals surface area contributed by atoms with Crippen LogP contribution in [0.1, 0.15) is 77.0 Å². The molecule has 1 aromatic heterocycles. The van der Waals surface area contributed by atoms with Crippen molar-refractivity contribution in [1.82, 2.24) is 0 Å². The van der Waals surface area contributed by atoms with Crippen molar-refractivity contribution >= 4 is 22.7 Å². The van der Waals surface area contributed by atoms with Crippen LogP contribution in [0.25, 0.3) is 5.57 Å². The zero-order valence-electron chi connectivity index (χ0n) is 14.6. The summed E-state index contributed by atoms with van der Waals surface area (Å²) in [5.41, 5.74) is 1.19. The van der Waals surface area contributed by atoms with Crippen LogP contribution in [-0.4, -0.2) is 5.78 Å². The molecule has 0 spiro atoms. The monoisotopic (exact) mass is 320 g/mol. The summed E-state index contributed by atoms with van der Waals surface area (Å²) in [5.74, 6) is 0.903. The zero-order valence-corrected chi connectivity index (χ0v) is 15.4. The van der Waals surface area contributed by atoms with Crippen molar-refractivity contribution in [3.63, 3.8) is 0 Å². The Morgan fingerprint density at radius 2 is 1.91 bits per heavy atom. The van der Waals surface area contributed by atoms with Crippen molar-refractivity contribution in [2.24, 2.45) is 11.8 Å². The average molecular weight is 321 g/mol. The number of hydrogen-bond acceptors (Lipinski definition) is 2. The van der Waals surface area contributed by atoms with Crippen LogP contribution >= 0.6 is 11.3 Å². The van der Waals surface area contributed by atoms with Crippen LogP contribution in [0, 0.1) is 11.8 Å². The van der Waals surface area contributed by atoms with Crippen LogP contribution in [0.2, 0.25) is 0 Å². The van der Waals surface area contributed by atoms with Gasteiger partial charge in [-0.05, 0) is 42.7 Å². The molecule has 0 aliphatic carbocycles. The first-order valence-corrected chi connectivity index (χ1v) is 9.66. The Bertz CT molecular complexity index is 433. The van der Waals surface area contributed by atoms with Crippen molar-refractivity contribution in [3.8, 4) is 0 Å². The SMILES string of the molecule is C=C(CC(CCCCCCCC)C(C)C(C)=O)c1cccs1. The van der Waals surface area contributed by atoms with Gasteiger partial charge in [-0.2, -0.15) is 0 Å². The lowest BCUT2D eigenvalue weighted by Crippen LogP contribution is -2.19. The summed E-state index contributed by atoms with van der Waals surface area (Å²) in [6.45, 7) is 10.3. The molecule has 0 aromatic carbocycles. The summed E-state index contributed by atoms with van der Waals surface area (Å²) in [6.07, 6.45) is 9.98. The maximum atomic E-state index is 11.8. The molecule has 0 fully saturated rings. The topological polar surface area (TPSA) is 17.1 Å². The largest absolute Gasteiger partial charge is 0.300 e. The number of unbranched alkanes of at least 4 members (excludes halogenated alkanes) is 5. The molecule has 2 heteroatoms. The van der Waals surface area contributed by atoms with E-state index in [1.54, 1.807) is 18.3 Å². The third-order valence-electron chi connectivity index (χ3n) is 4.66. The summed E-state index contributed by atoms with van der Waals surface area (Å²) in [7, 11) is 0. The van der Waals surface area contributed by atoms with E-state index in [0.717, 1.165) is 12.8 Å². The molecule has 1 rings (SSSR count). The minimum Gasteiger partial charge on any atom is -0.300 e. The zero-order chi connectivity index (χ0) is 16.4. The number of allylic oxidation sites excluding steroid dienone is 1. The Hall–Kier alpha value is -0.890. The van der Waals surface area contributed by atoms with Gasteiger partial charge in [-0.15, -0.1) is 11.3 Å². The predicted molar refractivity (Wildman–Crippen MR) is 99.3 cm³/mol. The molecule has 2 unspecified atom stereocenters. The average Bonchev–Trinajstić information content (AvgIpc) is 3.03. The molecule has 0 bridgehead atoms. The van der Waals surface area contributed by atoms with Gasteiger partial charge in [0.2, 0.25) is 0 Å². The molecule has 0 amide bonds. The molecular weight excluding hydrogens is 288 g/mol. The summed E-state index contributed by atoms with van der Waals surface area (Å²) in [5, 5.41) is 2.09. The minimum absolute atomic E-state index is 0.146. The number of ketones is 1. The quantitative estimate of drug-likeness (QED) is 0.390. The van der Waals surface area contributed by atoms with Crippen LogP contribution in [0.3, 0.4) is 0 Å². The highest BCUT2D eigenvalue weighted by molar-refractivity contribution is 7.11. The molecule has 124 valence electrons. The lowest BCUT2D eigenvalue weighted by Gasteiger charge is -2.23. The second-order valence-electron chi connectivity index (χ2n) is 6.50. The van der Waals surface area contributed by atoms with E-state index >= 15 is 0 Å². The van der Waals surface area contributed by atoms with Crippen molar-refractivity contribution in [1.29, 1.82) is 0 Å². The first-order chi connectivity index (χ1) is 10.6.